The fourth-order valence-corrected chi connectivity index (χ4v) is 2.78. The molecule has 0 unspecified atom stereocenters. The molecule has 0 spiro atoms. The van der Waals surface area contributed by atoms with Gasteiger partial charge >= 0.3 is 0 Å². The Hall–Kier alpha value is -2.72. The van der Waals surface area contributed by atoms with Gasteiger partial charge in [0.15, 0.2) is 9.84 Å². The minimum absolute atomic E-state index is 0.00795. The van der Waals surface area contributed by atoms with Crippen molar-refractivity contribution >= 4 is 21.4 Å². The van der Waals surface area contributed by atoms with Gasteiger partial charge in [-0.15, -0.1) is 0 Å². The first-order chi connectivity index (χ1) is 10.7. The Morgan fingerprint density at radius 2 is 1.96 bits per heavy atom. The number of nitriles is 1. The molecule has 0 aliphatic heterocycles. The molecule has 0 radical (unpaired) electrons. The van der Waals surface area contributed by atoms with Crippen LogP contribution in [-0.4, -0.2) is 20.6 Å². The van der Waals surface area contributed by atoms with E-state index in [9.17, 15) is 17.6 Å². The van der Waals surface area contributed by atoms with E-state index >= 15 is 0 Å². The molecule has 1 N–H and O–H groups in total. The van der Waals surface area contributed by atoms with E-state index in [-0.39, 0.29) is 5.56 Å². The van der Waals surface area contributed by atoms with Crippen LogP contribution in [0, 0.1) is 24.1 Å². The second-order valence-electron chi connectivity index (χ2n) is 4.96. The summed E-state index contributed by atoms with van der Waals surface area (Å²) in [5.41, 5.74) is 1.44. The van der Waals surface area contributed by atoms with Crippen molar-refractivity contribution < 1.29 is 17.6 Å². The molecule has 2 rings (SSSR count). The Bertz CT molecular complexity index is 931. The maximum atomic E-state index is 13.6. The molecule has 7 heteroatoms. The van der Waals surface area contributed by atoms with Gasteiger partial charge in [0, 0.05) is 17.5 Å². The molecule has 5 nitrogen and oxygen atoms in total. The highest BCUT2D eigenvalue weighted by atomic mass is 32.2. The summed E-state index contributed by atoms with van der Waals surface area (Å²) in [5, 5.41) is 11.6. The highest BCUT2D eigenvalue weighted by Crippen LogP contribution is 2.21. The fourth-order valence-electron chi connectivity index (χ4n) is 2.02. The maximum absolute atomic E-state index is 13.6. The minimum Gasteiger partial charge on any atom is -0.322 e. The van der Waals surface area contributed by atoms with E-state index < -0.39 is 26.5 Å². The van der Waals surface area contributed by atoms with Crippen LogP contribution in [0.4, 0.5) is 10.1 Å². The quantitative estimate of drug-likeness (QED) is 0.936. The number of anilines is 1. The Balaban J connectivity index is 2.38. The molecular weight excluding hydrogens is 319 g/mol. The number of amides is 1. The zero-order valence-corrected chi connectivity index (χ0v) is 13.2. The van der Waals surface area contributed by atoms with Gasteiger partial charge in [-0.05, 0) is 42.8 Å². The van der Waals surface area contributed by atoms with Gasteiger partial charge in [-0.2, -0.15) is 5.26 Å². The van der Waals surface area contributed by atoms with Crippen molar-refractivity contribution in [2.75, 3.05) is 11.6 Å². The zero-order valence-electron chi connectivity index (χ0n) is 12.4. The van der Waals surface area contributed by atoms with Gasteiger partial charge < -0.3 is 5.32 Å². The molecule has 0 bridgehead atoms. The standard InChI is InChI=1S/C16H13FN2O3S/c1-10-12(9-18)4-3-5-14(10)19-16(20)11-6-7-13(17)15(8-11)23(2,21)22/h3-8H,1-2H3,(H,19,20). The van der Waals surface area contributed by atoms with Gasteiger partial charge in [0.05, 0.1) is 11.6 Å². The molecule has 0 saturated carbocycles. The molecule has 0 atom stereocenters. The molecule has 2 aromatic carbocycles. The largest absolute Gasteiger partial charge is 0.322 e. The van der Waals surface area contributed by atoms with Crippen molar-refractivity contribution in [2.24, 2.45) is 0 Å². The molecular formula is C16H13FN2O3S. The number of halogens is 1. The normalized spacial score (nSPS) is 10.9. The van der Waals surface area contributed by atoms with E-state index in [0.717, 1.165) is 18.4 Å². The third-order valence-corrected chi connectivity index (χ3v) is 4.41. The van der Waals surface area contributed by atoms with Crippen LogP contribution >= 0.6 is 0 Å². The molecule has 0 aromatic heterocycles. The van der Waals surface area contributed by atoms with Crippen molar-refractivity contribution in [3.8, 4) is 6.07 Å². The summed E-state index contributed by atoms with van der Waals surface area (Å²) in [5.74, 6) is -1.50. The van der Waals surface area contributed by atoms with Crippen molar-refractivity contribution in [2.45, 2.75) is 11.8 Å². The third-order valence-electron chi connectivity index (χ3n) is 3.30. The molecule has 0 aliphatic carbocycles. The lowest BCUT2D eigenvalue weighted by atomic mass is 10.1. The van der Waals surface area contributed by atoms with Crippen molar-refractivity contribution in [1.82, 2.24) is 0 Å². The first kappa shape index (κ1) is 16.6. The number of hydrogen-bond donors (Lipinski definition) is 1. The van der Waals surface area contributed by atoms with Crippen LogP contribution in [0.3, 0.4) is 0 Å². The molecule has 23 heavy (non-hydrogen) atoms. The van der Waals surface area contributed by atoms with Gasteiger partial charge in [-0.1, -0.05) is 6.07 Å². The molecule has 0 aliphatic rings. The molecule has 2 aromatic rings. The van der Waals surface area contributed by atoms with Gasteiger partial charge in [-0.3, -0.25) is 4.79 Å². The Morgan fingerprint density at radius 3 is 2.57 bits per heavy atom. The number of carbonyl (C=O) groups excluding carboxylic acids is 1. The summed E-state index contributed by atoms with van der Waals surface area (Å²) < 4.78 is 36.6. The second-order valence-corrected chi connectivity index (χ2v) is 6.95. The monoisotopic (exact) mass is 332 g/mol. The van der Waals surface area contributed by atoms with E-state index in [1.165, 1.54) is 6.07 Å². The summed E-state index contributed by atoms with van der Waals surface area (Å²) in [6.45, 7) is 1.68. The van der Waals surface area contributed by atoms with Gasteiger partial charge in [0.1, 0.15) is 10.7 Å². The number of rotatable bonds is 3. The summed E-state index contributed by atoms with van der Waals surface area (Å²) >= 11 is 0. The first-order valence-electron chi connectivity index (χ1n) is 6.54. The molecule has 118 valence electrons. The van der Waals surface area contributed by atoms with E-state index in [2.05, 4.69) is 5.32 Å². The van der Waals surface area contributed by atoms with E-state index in [0.29, 0.717) is 16.8 Å². The number of carbonyl (C=O) groups is 1. The zero-order chi connectivity index (χ0) is 17.2. The summed E-state index contributed by atoms with van der Waals surface area (Å²) in [4.78, 5) is 11.7. The molecule has 0 saturated heterocycles. The van der Waals surface area contributed by atoms with Crippen molar-refractivity contribution in [1.29, 1.82) is 5.26 Å². The highest BCUT2D eigenvalue weighted by Gasteiger charge is 2.17. The number of nitrogens with one attached hydrogen (secondary N) is 1. The lowest BCUT2D eigenvalue weighted by molar-refractivity contribution is 0.102. The number of nitrogens with zero attached hydrogens (tertiary/aromatic N) is 1. The molecule has 0 heterocycles. The minimum atomic E-state index is -3.78. The predicted molar refractivity (Wildman–Crippen MR) is 83.4 cm³/mol. The maximum Gasteiger partial charge on any atom is 0.255 e. The van der Waals surface area contributed by atoms with Crippen molar-refractivity contribution in [3.63, 3.8) is 0 Å². The number of hydrogen-bond acceptors (Lipinski definition) is 4. The van der Waals surface area contributed by atoms with E-state index in [1.54, 1.807) is 25.1 Å². The SMILES string of the molecule is Cc1c(C#N)cccc1NC(=O)c1ccc(F)c(S(C)(=O)=O)c1. The van der Waals surface area contributed by atoms with Crippen LogP contribution in [0.5, 0.6) is 0 Å². The van der Waals surface area contributed by atoms with Gasteiger partial charge in [0.25, 0.3) is 5.91 Å². The lowest BCUT2D eigenvalue weighted by Crippen LogP contribution is -2.14. The Kier molecular flexibility index (Phi) is 4.48. The average Bonchev–Trinajstić information content (AvgIpc) is 2.48. The molecule has 0 fully saturated rings. The van der Waals surface area contributed by atoms with Crippen molar-refractivity contribution in [3.05, 3.63) is 58.9 Å². The first-order valence-corrected chi connectivity index (χ1v) is 8.44. The van der Waals surface area contributed by atoms with E-state index in [4.69, 9.17) is 5.26 Å². The predicted octanol–water partition coefficient (Wildman–Crippen LogP) is 2.66. The Morgan fingerprint density at radius 1 is 1.26 bits per heavy atom. The van der Waals surface area contributed by atoms with Crippen LogP contribution < -0.4 is 5.32 Å². The lowest BCUT2D eigenvalue weighted by Gasteiger charge is -2.10. The van der Waals surface area contributed by atoms with Crippen LogP contribution in [-0.2, 0) is 9.84 Å². The fraction of sp³-hybridized carbons (Fsp3) is 0.125. The Labute approximate surface area is 133 Å². The summed E-state index contributed by atoms with van der Waals surface area (Å²) in [7, 11) is -3.78. The van der Waals surface area contributed by atoms with Crippen LogP contribution in [0.1, 0.15) is 21.5 Å². The molecule has 1 amide bonds. The summed E-state index contributed by atoms with van der Waals surface area (Å²) in [6, 6.07) is 9.98. The topological polar surface area (TPSA) is 87.0 Å². The highest BCUT2D eigenvalue weighted by molar-refractivity contribution is 7.90. The average molecular weight is 332 g/mol. The van der Waals surface area contributed by atoms with Crippen LogP contribution in [0.2, 0.25) is 0 Å². The second kappa shape index (κ2) is 6.18. The van der Waals surface area contributed by atoms with Gasteiger partial charge in [0.2, 0.25) is 0 Å². The third kappa shape index (κ3) is 3.55. The van der Waals surface area contributed by atoms with Crippen LogP contribution in [0.15, 0.2) is 41.3 Å². The smallest absolute Gasteiger partial charge is 0.255 e. The van der Waals surface area contributed by atoms with Crippen LogP contribution in [0.25, 0.3) is 0 Å². The summed E-state index contributed by atoms with van der Waals surface area (Å²) in [6.07, 6.45) is 0.869. The van der Waals surface area contributed by atoms with Gasteiger partial charge in [-0.25, -0.2) is 12.8 Å². The number of benzene rings is 2. The van der Waals surface area contributed by atoms with E-state index in [1.807, 2.05) is 6.07 Å². The number of sulfone groups is 1.